The quantitative estimate of drug-likeness (QED) is 0.722. The van der Waals surface area contributed by atoms with Gasteiger partial charge in [-0.1, -0.05) is 35.5 Å². The molecule has 1 aliphatic rings. The summed E-state index contributed by atoms with van der Waals surface area (Å²) in [5, 5.41) is 4.09. The van der Waals surface area contributed by atoms with E-state index in [0.29, 0.717) is 17.8 Å². The van der Waals surface area contributed by atoms with Crippen molar-refractivity contribution < 1.29 is 4.52 Å². The monoisotopic (exact) mass is 323 g/mol. The summed E-state index contributed by atoms with van der Waals surface area (Å²) in [6, 6.07) is 10.5. The highest BCUT2D eigenvalue weighted by molar-refractivity contribution is 5.56. The van der Waals surface area contributed by atoms with Crippen molar-refractivity contribution in [1.82, 2.24) is 24.6 Å². The summed E-state index contributed by atoms with van der Waals surface area (Å²) in [4.78, 5) is 11.4. The predicted molar refractivity (Wildman–Crippen MR) is 91.2 cm³/mol. The first-order chi connectivity index (χ1) is 11.8. The molecule has 0 saturated carbocycles. The molecule has 1 fully saturated rings. The topological polar surface area (TPSA) is 60.0 Å². The van der Waals surface area contributed by atoms with Crippen LogP contribution in [-0.4, -0.2) is 44.2 Å². The minimum absolute atomic E-state index is 0.471. The molecule has 0 N–H and O–H groups in total. The second kappa shape index (κ2) is 6.57. The van der Waals surface area contributed by atoms with Crippen LogP contribution in [0, 0.1) is 0 Å². The van der Waals surface area contributed by atoms with Gasteiger partial charge in [-0.25, -0.2) is 4.98 Å². The lowest BCUT2D eigenvalue weighted by atomic mass is 10.1. The van der Waals surface area contributed by atoms with E-state index in [1.54, 1.807) is 6.20 Å². The zero-order valence-electron chi connectivity index (χ0n) is 13.8. The maximum absolute atomic E-state index is 5.44. The van der Waals surface area contributed by atoms with Crippen LogP contribution in [0.2, 0.25) is 0 Å². The average molecular weight is 323 g/mol. The molecule has 6 nitrogen and oxygen atoms in total. The number of nitrogens with zero attached hydrogens (tertiary/aromatic N) is 5. The molecule has 1 atom stereocenters. The van der Waals surface area contributed by atoms with E-state index in [2.05, 4.69) is 31.6 Å². The van der Waals surface area contributed by atoms with Crippen LogP contribution in [0.4, 0.5) is 0 Å². The van der Waals surface area contributed by atoms with Crippen LogP contribution >= 0.6 is 0 Å². The van der Waals surface area contributed by atoms with Gasteiger partial charge in [-0.05, 0) is 32.9 Å². The Hall–Kier alpha value is -2.47. The van der Waals surface area contributed by atoms with Gasteiger partial charge in [0.1, 0.15) is 0 Å². The Morgan fingerprint density at radius 2 is 2.12 bits per heavy atom. The summed E-state index contributed by atoms with van der Waals surface area (Å²) in [5.74, 6) is 1.81. The van der Waals surface area contributed by atoms with Gasteiger partial charge < -0.3 is 14.0 Å². The number of rotatable bonds is 5. The van der Waals surface area contributed by atoms with Crippen molar-refractivity contribution in [3.05, 3.63) is 42.7 Å². The fourth-order valence-corrected chi connectivity index (χ4v) is 3.34. The maximum Gasteiger partial charge on any atom is 0.294 e. The maximum atomic E-state index is 5.44. The second-order valence-corrected chi connectivity index (χ2v) is 6.30. The predicted octanol–water partition coefficient (Wildman–Crippen LogP) is 3.08. The normalized spacial score (nSPS) is 18.3. The SMILES string of the molecule is CN1CCC[C@H]1CCn1ccnc1-c1nc(-c2ccccc2)no1. The molecule has 0 aliphatic carbocycles. The first kappa shape index (κ1) is 15.1. The van der Waals surface area contributed by atoms with Crippen molar-refractivity contribution in [3.8, 4) is 23.1 Å². The number of aryl methyl sites for hydroxylation is 1. The molecule has 0 spiro atoms. The molecular weight excluding hydrogens is 302 g/mol. The third kappa shape index (κ3) is 2.97. The van der Waals surface area contributed by atoms with Gasteiger partial charge in [-0.2, -0.15) is 4.98 Å². The van der Waals surface area contributed by atoms with E-state index < -0.39 is 0 Å². The second-order valence-electron chi connectivity index (χ2n) is 6.30. The third-order valence-corrected chi connectivity index (χ3v) is 4.74. The van der Waals surface area contributed by atoms with Crippen molar-refractivity contribution in [1.29, 1.82) is 0 Å². The van der Waals surface area contributed by atoms with Gasteiger partial charge in [-0.3, -0.25) is 0 Å². The highest BCUT2D eigenvalue weighted by Crippen LogP contribution is 2.23. The van der Waals surface area contributed by atoms with Crippen LogP contribution < -0.4 is 0 Å². The molecule has 0 unspecified atom stereocenters. The highest BCUT2D eigenvalue weighted by atomic mass is 16.5. The van der Waals surface area contributed by atoms with Crippen molar-refractivity contribution in [3.63, 3.8) is 0 Å². The van der Waals surface area contributed by atoms with Gasteiger partial charge in [0.2, 0.25) is 5.82 Å². The standard InChI is InChI=1S/C18H21N5O/c1-22-11-5-8-15(22)9-12-23-13-10-19-17(23)18-20-16(21-24-18)14-6-3-2-4-7-14/h2-4,6-7,10,13,15H,5,8-9,11-12H2,1H3/t15-/m0/s1. The van der Waals surface area contributed by atoms with Gasteiger partial charge in [0.25, 0.3) is 5.89 Å². The highest BCUT2D eigenvalue weighted by Gasteiger charge is 2.21. The molecule has 24 heavy (non-hydrogen) atoms. The largest absolute Gasteiger partial charge is 0.330 e. The average Bonchev–Trinajstić information content (AvgIpc) is 3.34. The van der Waals surface area contributed by atoms with E-state index in [1.807, 2.05) is 36.5 Å². The van der Waals surface area contributed by atoms with E-state index in [9.17, 15) is 0 Å². The summed E-state index contributed by atoms with van der Waals surface area (Å²) in [7, 11) is 2.20. The molecule has 124 valence electrons. The Kier molecular flexibility index (Phi) is 4.13. The van der Waals surface area contributed by atoms with Gasteiger partial charge in [0.15, 0.2) is 5.82 Å². The van der Waals surface area contributed by atoms with E-state index in [0.717, 1.165) is 24.4 Å². The summed E-state index contributed by atoms with van der Waals surface area (Å²) >= 11 is 0. The summed E-state index contributed by atoms with van der Waals surface area (Å²) in [5.41, 5.74) is 0.943. The van der Waals surface area contributed by atoms with Crippen molar-refractivity contribution >= 4 is 0 Å². The molecule has 1 aromatic carbocycles. The Balaban J connectivity index is 1.51. The molecule has 0 bridgehead atoms. The summed E-state index contributed by atoms with van der Waals surface area (Å²) in [6.07, 6.45) is 7.46. The van der Waals surface area contributed by atoms with Gasteiger partial charge in [0, 0.05) is 30.5 Å². The van der Waals surface area contributed by atoms with Crippen LogP contribution in [0.25, 0.3) is 23.1 Å². The van der Waals surface area contributed by atoms with Crippen LogP contribution in [0.1, 0.15) is 19.3 Å². The molecule has 3 aromatic rings. The molecule has 2 aromatic heterocycles. The van der Waals surface area contributed by atoms with E-state index in [1.165, 1.54) is 19.4 Å². The Morgan fingerprint density at radius 1 is 1.25 bits per heavy atom. The summed E-state index contributed by atoms with van der Waals surface area (Å²) < 4.78 is 7.55. The van der Waals surface area contributed by atoms with Gasteiger partial charge in [-0.15, -0.1) is 0 Å². The van der Waals surface area contributed by atoms with Crippen LogP contribution in [0.3, 0.4) is 0 Å². The van der Waals surface area contributed by atoms with E-state index >= 15 is 0 Å². The first-order valence-electron chi connectivity index (χ1n) is 8.42. The lowest BCUT2D eigenvalue weighted by molar-refractivity contribution is 0.286. The third-order valence-electron chi connectivity index (χ3n) is 4.74. The Bertz CT molecular complexity index is 795. The molecule has 0 radical (unpaired) electrons. The molecule has 1 saturated heterocycles. The minimum Gasteiger partial charge on any atom is -0.330 e. The summed E-state index contributed by atoms with van der Waals surface area (Å²) in [6.45, 7) is 2.11. The van der Waals surface area contributed by atoms with E-state index in [4.69, 9.17) is 4.52 Å². The number of hydrogen-bond donors (Lipinski definition) is 0. The fourth-order valence-electron chi connectivity index (χ4n) is 3.34. The van der Waals surface area contributed by atoms with Crippen molar-refractivity contribution in [2.45, 2.75) is 31.8 Å². The lowest BCUT2D eigenvalue weighted by Gasteiger charge is -2.19. The molecule has 6 heteroatoms. The van der Waals surface area contributed by atoms with Crippen molar-refractivity contribution in [2.24, 2.45) is 0 Å². The molecule has 0 amide bonds. The molecule has 3 heterocycles. The number of likely N-dealkylation sites (tertiary alicyclic amines) is 1. The van der Waals surface area contributed by atoms with Gasteiger partial charge >= 0.3 is 0 Å². The minimum atomic E-state index is 0.471. The van der Waals surface area contributed by atoms with Crippen molar-refractivity contribution in [2.75, 3.05) is 13.6 Å². The van der Waals surface area contributed by atoms with Crippen LogP contribution in [0.15, 0.2) is 47.2 Å². The molecular formula is C18H21N5O. The zero-order valence-corrected chi connectivity index (χ0v) is 13.8. The lowest BCUT2D eigenvalue weighted by Crippen LogP contribution is -2.26. The smallest absolute Gasteiger partial charge is 0.294 e. The Labute approximate surface area is 141 Å². The zero-order chi connectivity index (χ0) is 16.4. The first-order valence-corrected chi connectivity index (χ1v) is 8.42. The number of hydrogen-bond acceptors (Lipinski definition) is 5. The number of aromatic nitrogens is 4. The van der Waals surface area contributed by atoms with E-state index in [-0.39, 0.29) is 0 Å². The van der Waals surface area contributed by atoms with Crippen LogP contribution in [-0.2, 0) is 6.54 Å². The molecule has 4 rings (SSSR count). The fraction of sp³-hybridized carbons (Fsp3) is 0.389. The number of benzene rings is 1. The van der Waals surface area contributed by atoms with Gasteiger partial charge in [0.05, 0.1) is 0 Å². The van der Waals surface area contributed by atoms with Crippen LogP contribution in [0.5, 0.6) is 0 Å². The number of imidazole rings is 1. The Morgan fingerprint density at radius 3 is 2.92 bits per heavy atom. The molecule has 1 aliphatic heterocycles.